The van der Waals surface area contributed by atoms with Gasteiger partial charge in [0.15, 0.2) is 0 Å². The summed E-state index contributed by atoms with van der Waals surface area (Å²) in [6.07, 6.45) is 0. The van der Waals surface area contributed by atoms with Gasteiger partial charge in [-0.05, 0) is 28.6 Å². The summed E-state index contributed by atoms with van der Waals surface area (Å²) in [5, 5.41) is 20.3. The van der Waals surface area contributed by atoms with Crippen molar-refractivity contribution in [2.45, 2.75) is 5.16 Å². The van der Waals surface area contributed by atoms with Crippen LogP contribution in [0.3, 0.4) is 0 Å². The van der Waals surface area contributed by atoms with Crippen molar-refractivity contribution in [3.8, 4) is 5.69 Å². The van der Waals surface area contributed by atoms with Crippen molar-refractivity contribution in [2.24, 2.45) is 5.73 Å². The summed E-state index contributed by atoms with van der Waals surface area (Å²) in [7, 11) is 0. The van der Waals surface area contributed by atoms with Crippen LogP contribution in [0.15, 0.2) is 29.4 Å². The van der Waals surface area contributed by atoms with Gasteiger partial charge in [0.1, 0.15) is 0 Å². The van der Waals surface area contributed by atoms with E-state index >= 15 is 0 Å². The summed E-state index contributed by atoms with van der Waals surface area (Å²) in [6.45, 7) is 0. The molecule has 3 N–H and O–H groups in total. The number of thioether (sulfide) groups is 1. The molecule has 1 heterocycles. The lowest BCUT2D eigenvalue weighted by Crippen LogP contribution is -2.13. The Morgan fingerprint density at radius 2 is 2.21 bits per heavy atom. The zero-order valence-electron chi connectivity index (χ0n) is 9.55. The van der Waals surface area contributed by atoms with Gasteiger partial charge in [-0.15, -0.1) is 5.10 Å². The van der Waals surface area contributed by atoms with E-state index in [0.29, 0.717) is 10.8 Å². The first-order valence-corrected chi connectivity index (χ1v) is 6.09. The number of benzene rings is 1. The zero-order valence-corrected chi connectivity index (χ0v) is 10.4. The third-order valence-corrected chi connectivity index (χ3v) is 3.06. The number of nitrogens with zero attached hydrogens (tertiary/aromatic N) is 4. The fourth-order valence-electron chi connectivity index (χ4n) is 1.34. The van der Waals surface area contributed by atoms with Gasteiger partial charge in [-0.3, -0.25) is 4.79 Å². The lowest BCUT2D eigenvalue weighted by atomic mass is 10.2. The Morgan fingerprint density at radius 1 is 1.42 bits per heavy atom. The first kappa shape index (κ1) is 13.0. The van der Waals surface area contributed by atoms with Crippen LogP contribution in [0.2, 0.25) is 0 Å². The zero-order chi connectivity index (χ0) is 13.8. The van der Waals surface area contributed by atoms with Crippen LogP contribution in [0, 0.1) is 0 Å². The van der Waals surface area contributed by atoms with E-state index < -0.39 is 11.9 Å². The molecule has 8 nitrogen and oxygen atoms in total. The van der Waals surface area contributed by atoms with Crippen LogP contribution in [-0.4, -0.2) is 42.9 Å². The van der Waals surface area contributed by atoms with Crippen LogP contribution in [0.5, 0.6) is 0 Å². The number of primary amides is 1. The molecule has 0 radical (unpaired) electrons. The highest BCUT2D eigenvalue weighted by atomic mass is 32.2. The second-order valence-electron chi connectivity index (χ2n) is 3.48. The lowest BCUT2D eigenvalue weighted by molar-refractivity contribution is -0.115. The molecule has 0 aliphatic carbocycles. The topological polar surface area (TPSA) is 124 Å². The van der Waals surface area contributed by atoms with Crippen molar-refractivity contribution in [1.29, 1.82) is 0 Å². The Labute approximate surface area is 111 Å². The summed E-state index contributed by atoms with van der Waals surface area (Å²) in [4.78, 5) is 21.6. The summed E-state index contributed by atoms with van der Waals surface area (Å²) in [5.41, 5.74) is 5.67. The number of carboxylic acid groups (broad SMARTS) is 1. The van der Waals surface area contributed by atoms with Gasteiger partial charge < -0.3 is 10.8 Å². The number of carbonyl (C=O) groups is 2. The smallest absolute Gasteiger partial charge is 0.335 e. The molecule has 1 amide bonds. The van der Waals surface area contributed by atoms with Gasteiger partial charge in [0.05, 0.1) is 17.0 Å². The highest BCUT2D eigenvalue weighted by Crippen LogP contribution is 2.18. The molecule has 0 atom stereocenters. The Balaban J connectivity index is 2.31. The average Bonchev–Trinajstić information content (AvgIpc) is 2.84. The quantitative estimate of drug-likeness (QED) is 0.734. The molecule has 9 heteroatoms. The van der Waals surface area contributed by atoms with Crippen LogP contribution in [0.1, 0.15) is 10.4 Å². The van der Waals surface area contributed by atoms with E-state index in [9.17, 15) is 9.59 Å². The molecule has 1 aromatic carbocycles. The van der Waals surface area contributed by atoms with E-state index in [-0.39, 0.29) is 11.3 Å². The fraction of sp³-hybridized carbons (Fsp3) is 0.100. The molecular formula is C10H9N5O3S. The normalized spacial score (nSPS) is 10.3. The average molecular weight is 279 g/mol. The van der Waals surface area contributed by atoms with E-state index in [4.69, 9.17) is 10.8 Å². The molecule has 2 aromatic rings. The Bertz CT molecular complexity index is 627. The van der Waals surface area contributed by atoms with Gasteiger partial charge in [0.25, 0.3) is 0 Å². The van der Waals surface area contributed by atoms with Crippen molar-refractivity contribution < 1.29 is 14.7 Å². The standard InChI is InChI=1S/C10H9N5O3S/c11-8(16)5-19-10-12-13-14-15(10)7-3-1-2-6(4-7)9(17)18/h1-4H,5H2,(H2,11,16)(H,17,18). The number of carboxylic acids is 1. The highest BCUT2D eigenvalue weighted by molar-refractivity contribution is 7.99. The molecule has 0 fully saturated rings. The van der Waals surface area contributed by atoms with Crippen molar-refractivity contribution in [1.82, 2.24) is 20.2 Å². The number of hydrogen-bond acceptors (Lipinski definition) is 6. The molecule has 0 aliphatic rings. The van der Waals surface area contributed by atoms with Crippen molar-refractivity contribution in [2.75, 3.05) is 5.75 Å². The van der Waals surface area contributed by atoms with Crippen LogP contribution >= 0.6 is 11.8 Å². The summed E-state index contributed by atoms with van der Waals surface area (Å²) < 4.78 is 1.35. The minimum Gasteiger partial charge on any atom is -0.478 e. The van der Waals surface area contributed by atoms with Gasteiger partial charge in [0, 0.05) is 0 Å². The molecule has 0 saturated heterocycles. The molecule has 0 bridgehead atoms. The van der Waals surface area contributed by atoms with Crippen LogP contribution in [0.25, 0.3) is 5.69 Å². The minimum absolute atomic E-state index is 0.0407. The van der Waals surface area contributed by atoms with Crippen molar-refractivity contribution in [3.63, 3.8) is 0 Å². The van der Waals surface area contributed by atoms with E-state index in [1.165, 1.54) is 16.8 Å². The van der Waals surface area contributed by atoms with E-state index in [1.54, 1.807) is 12.1 Å². The number of nitrogens with two attached hydrogens (primary N) is 1. The molecule has 98 valence electrons. The SMILES string of the molecule is NC(=O)CSc1nnnn1-c1cccc(C(=O)O)c1. The maximum absolute atomic E-state index is 10.9. The summed E-state index contributed by atoms with van der Waals surface area (Å²) in [6, 6.07) is 6.15. The maximum atomic E-state index is 10.9. The molecule has 0 aliphatic heterocycles. The second kappa shape index (κ2) is 5.48. The van der Waals surface area contributed by atoms with Crippen LogP contribution in [-0.2, 0) is 4.79 Å². The second-order valence-corrected chi connectivity index (χ2v) is 4.43. The molecule has 2 rings (SSSR count). The Hall–Kier alpha value is -2.42. The van der Waals surface area contributed by atoms with Crippen LogP contribution in [0.4, 0.5) is 0 Å². The third kappa shape index (κ3) is 3.07. The highest BCUT2D eigenvalue weighted by Gasteiger charge is 2.12. The van der Waals surface area contributed by atoms with Crippen LogP contribution < -0.4 is 5.73 Å². The molecular weight excluding hydrogens is 270 g/mol. The van der Waals surface area contributed by atoms with Gasteiger partial charge >= 0.3 is 5.97 Å². The van der Waals surface area contributed by atoms with E-state index in [2.05, 4.69) is 15.5 Å². The number of rotatable bonds is 5. The molecule has 1 aromatic heterocycles. The predicted molar refractivity (Wildman–Crippen MR) is 66.0 cm³/mol. The first-order chi connectivity index (χ1) is 9.08. The maximum Gasteiger partial charge on any atom is 0.335 e. The Kier molecular flexibility index (Phi) is 3.76. The van der Waals surface area contributed by atoms with Crippen molar-refractivity contribution >= 4 is 23.6 Å². The van der Waals surface area contributed by atoms with Crippen molar-refractivity contribution in [3.05, 3.63) is 29.8 Å². The van der Waals surface area contributed by atoms with E-state index in [0.717, 1.165) is 11.8 Å². The van der Waals surface area contributed by atoms with Gasteiger partial charge in [-0.2, -0.15) is 4.68 Å². The summed E-state index contributed by atoms with van der Waals surface area (Å²) in [5.74, 6) is -1.49. The van der Waals surface area contributed by atoms with Gasteiger partial charge in [-0.1, -0.05) is 17.8 Å². The fourth-order valence-corrected chi connectivity index (χ4v) is 1.97. The molecule has 0 unspecified atom stereocenters. The third-order valence-electron chi connectivity index (χ3n) is 2.12. The summed E-state index contributed by atoms with van der Waals surface area (Å²) >= 11 is 1.08. The molecule has 0 saturated carbocycles. The van der Waals surface area contributed by atoms with Gasteiger partial charge in [-0.25, -0.2) is 4.79 Å². The Morgan fingerprint density at radius 3 is 2.89 bits per heavy atom. The molecule has 19 heavy (non-hydrogen) atoms. The lowest BCUT2D eigenvalue weighted by Gasteiger charge is -2.04. The monoisotopic (exact) mass is 279 g/mol. The minimum atomic E-state index is -1.04. The number of carbonyl (C=O) groups excluding carboxylic acids is 1. The largest absolute Gasteiger partial charge is 0.478 e. The number of tetrazole rings is 1. The first-order valence-electron chi connectivity index (χ1n) is 5.11. The molecule has 0 spiro atoms. The number of hydrogen-bond donors (Lipinski definition) is 2. The number of aromatic nitrogens is 4. The van der Waals surface area contributed by atoms with E-state index in [1.807, 2.05) is 0 Å². The number of amides is 1. The number of aromatic carboxylic acids is 1. The predicted octanol–water partition coefficient (Wildman–Crippen LogP) is -0.0621. The van der Waals surface area contributed by atoms with Gasteiger partial charge in [0.2, 0.25) is 11.1 Å².